The van der Waals surface area contributed by atoms with Crippen molar-refractivity contribution in [2.75, 3.05) is 12.5 Å². The van der Waals surface area contributed by atoms with Gasteiger partial charge < -0.3 is 5.11 Å². The van der Waals surface area contributed by atoms with Crippen molar-refractivity contribution in [2.24, 2.45) is 0 Å². The summed E-state index contributed by atoms with van der Waals surface area (Å²) in [6.45, 7) is 0. The molecule has 0 aliphatic carbocycles. The minimum Gasteiger partial charge on any atom is -0.478 e. The SMILES string of the molecule is CSc1ncc(C(=O)O)c(S(C)(=O)=O)n1. The van der Waals surface area contributed by atoms with Crippen molar-refractivity contribution in [2.45, 2.75) is 10.2 Å². The van der Waals surface area contributed by atoms with Crippen molar-refractivity contribution in [1.82, 2.24) is 9.97 Å². The predicted molar refractivity (Wildman–Crippen MR) is 53.9 cm³/mol. The van der Waals surface area contributed by atoms with Gasteiger partial charge in [0, 0.05) is 12.5 Å². The van der Waals surface area contributed by atoms with Crippen molar-refractivity contribution in [1.29, 1.82) is 0 Å². The summed E-state index contributed by atoms with van der Waals surface area (Å²) in [5.41, 5.74) is -0.407. The lowest BCUT2D eigenvalue weighted by Crippen LogP contribution is -2.11. The summed E-state index contributed by atoms with van der Waals surface area (Å²) in [6, 6.07) is 0. The molecule has 0 aromatic carbocycles. The van der Waals surface area contributed by atoms with Gasteiger partial charge in [0.15, 0.2) is 20.0 Å². The maximum absolute atomic E-state index is 11.3. The molecule has 82 valence electrons. The summed E-state index contributed by atoms with van der Waals surface area (Å²) in [4.78, 5) is 18.1. The number of hydrogen-bond acceptors (Lipinski definition) is 6. The van der Waals surface area contributed by atoms with Gasteiger partial charge in [0.2, 0.25) is 0 Å². The third-order valence-corrected chi connectivity index (χ3v) is 3.07. The Bertz CT molecular complexity index is 498. The Morgan fingerprint density at radius 1 is 1.53 bits per heavy atom. The molecule has 6 nitrogen and oxygen atoms in total. The molecule has 0 amide bonds. The fourth-order valence-corrected chi connectivity index (χ4v) is 2.07. The van der Waals surface area contributed by atoms with Crippen molar-refractivity contribution in [3.05, 3.63) is 11.8 Å². The zero-order chi connectivity index (χ0) is 11.6. The first-order valence-corrected chi connectivity index (χ1v) is 6.82. The molecule has 0 saturated carbocycles. The fourth-order valence-electron chi connectivity index (χ4n) is 0.879. The first kappa shape index (κ1) is 11.9. The molecule has 8 heteroatoms. The first-order valence-electron chi connectivity index (χ1n) is 3.70. The highest BCUT2D eigenvalue weighted by Crippen LogP contribution is 2.16. The van der Waals surface area contributed by atoms with E-state index in [1.54, 1.807) is 6.26 Å². The topological polar surface area (TPSA) is 97.2 Å². The molecule has 0 aliphatic rings. The predicted octanol–water partition coefficient (Wildman–Crippen LogP) is 0.300. The molecule has 0 radical (unpaired) electrons. The second-order valence-electron chi connectivity index (χ2n) is 2.65. The van der Waals surface area contributed by atoms with Crippen LogP contribution in [0.4, 0.5) is 0 Å². The van der Waals surface area contributed by atoms with E-state index in [2.05, 4.69) is 9.97 Å². The monoisotopic (exact) mass is 248 g/mol. The fraction of sp³-hybridized carbons (Fsp3) is 0.286. The van der Waals surface area contributed by atoms with Gasteiger partial charge in [-0.25, -0.2) is 23.2 Å². The lowest BCUT2D eigenvalue weighted by Gasteiger charge is -2.03. The minimum absolute atomic E-state index is 0.223. The maximum Gasteiger partial charge on any atom is 0.340 e. The van der Waals surface area contributed by atoms with E-state index in [4.69, 9.17) is 5.11 Å². The number of carbonyl (C=O) groups is 1. The van der Waals surface area contributed by atoms with Gasteiger partial charge >= 0.3 is 5.97 Å². The average molecular weight is 248 g/mol. The third-order valence-electron chi connectivity index (χ3n) is 1.50. The van der Waals surface area contributed by atoms with Gasteiger partial charge in [-0.05, 0) is 6.26 Å². The zero-order valence-electron chi connectivity index (χ0n) is 7.96. The van der Waals surface area contributed by atoms with Gasteiger partial charge in [-0.1, -0.05) is 11.8 Å². The van der Waals surface area contributed by atoms with Crippen molar-refractivity contribution < 1.29 is 18.3 Å². The summed E-state index contributed by atoms with van der Waals surface area (Å²) >= 11 is 1.14. The molecule has 0 spiro atoms. The summed E-state index contributed by atoms with van der Waals surface area (Å²) in [5.74, 6) is -1.36. The summed E-state index contributed by atoms with van der Waals surface area (Å²) in [5, 5.41) is 8.51. The maximum atomic E-state index is 11.3. The van der Waals surface area contributed by atoms with E-state index in [1.807, 2.05) is 0 Å². The Balaban J connectivity index is 3.50. The Hall–Kier alpha value is -1.15. The molecule has 1 aromatic rings. The van der Waals surface area contributed by atoms with E-state index in [9.17, 15) is 13.2 Å². The molecule has 1 rings (SSSR count). The molecule has 0 aliphatic heterocycles. The Morgan fingerprint density at radius 3 is 2.53 bits per heavy atom. The number of aromatic carboxylic acids is 1. The molecule has 0 fully saturated rings. The molecule has 1 heterocycles. The molecule has 0 unspecified atom stereocenters. The Kier molecular flexibility index (Phi) is 3.30. The van der Waals surface area contributed by atoms with Gasteiger partial charge in [0.25, 0.3) is 0 Å². The second kappa shape index (κ2) is 4.15. The van der Waals surface area contributed by atoms with Crippen LogP contribution in [-0.4, -0.2) is 42.0 Å². The van der Waals surface area contributed by atoms with E-state index in [0.29, 0.717) is 0 Å². The van der Waals surface area contributed by atoms with Crippen molar-refractivity contribution in [3.8, 4) is 0 Å². The number of nitrogens with zero attached hydrogens (tertiary/aromatic N) is 2. The Morgan fingerprint density at radius 2 is 2.13 bits per heavy atom. The normalized spacial score (nSPS) is 11.3. The first-order chi connectivity index (χ1) is 6.86. The number of aromatic nitrogens is 2. The number of rotatable bonds is 3. The van der Waals surface area contributed by atoms with Gasteiger partial charge in [-0.15, -0.1) is 0 Å². The van der Waals surface area contributed by atoms with E-state index in [1.165, 1.54) is 0 Å². The highest BCUT2D eigenvalue weighted by Gasteiger charge is 2.21. The van der Waals surface area contributed by atoms with Gasteiger partial charge in [-0.3, -0.25) is 0 Å². The number of carboxylic acid groups (broad SMARTS) is 1. The third kappa shape index (κ3) is 2.66. The van der Waals surface area contributed by atoms with Gasteiger partial charge in [-0.2, -0.15) is 0 Å². The van der Waals surface area contributed by atoms with Crippen LogP contribution in [0, 0.1) is 0 Å². The lowest BCUT2D eigenvalue weighted by atomic mass is 10.3. The van der Waals surface area contributed by atoms with Crippen LogP contribution in [0.2, 0.25) is 0 Å². The molecule has 0 bridgehead atoms. The number of thioether (sulfide) groups is 1. The van der Waals surface area contributed by atoms with Crippen molar-refractivity contribution in [3.63, 3.8) is 0 Å². The second-order valence-corrected chi connectivity index (χ2v) is 5.36. The minimum atomic E-state index is -3.66. The summed E-state index contributed by atoms with van der Waals surface area (Å²) < 4.78 is 22.5. The van der Waals surface area contributed by atoms with Gasteiger partial charge in [0.1, 0.15) is 5.56 Å². The average Bonchev–Trinajstić information content (AvgIpc) is 2.15. The quantitative estimate of drug-likeness (QED) is 0.466. The smallest absolute Gasteiger partial charge is 0.340 e. The molecular weight excluding hydrogens is 240 g/mol. The van der Waals surface area contributed by atoms with E-state index >= 15 is 0 Å². The van der Waals surface area contributed by atoms with E-state index in [0.717, 1.165) is 24.2 Å². The molecule has 0 atom stereocenters. The standard InChI is InChI=1S/C7H8N2O4S2/c1-14-7-8-3-4(6(10)11)5(9-7)15(2,12)13/h3H,1-2H3,(H,10,11). The highest BCUT2D eigenvalue weighted by molar-refractivity contribution is 7.98. The van der Waals surface area contributed by atoms with Crippen LogP contribution in [0.5, 0.6) is 0 Å². The molecule has 1 aromatic heterocycles. The van der Waals surface area contributed by atoms with Crippen LogP contribution >= 0.6 is 11.8 Å². The van der Waals surface area contributed by atoms with E-state index in [-0.39, 0.29) is 5.16 Å². The number of hydrogen-bond donors (Lipinski definition) is 1. The van der Waals surface area contributed by atoms with E-state index < -0.39 is 26.4 Å². The van der Waals surface area contributed by atoms with Crippen molar-refractivity contribution >= 4 is 27.6 Å². The number of sulfone groups is 1. The molecule has 1 N–H and O–H groups in total. The Labute approximate surface area is 90.7 Å². The molecule has 0 saturated heterocycles. The van der Waals surface area contributed by atoms with Gasteiger partial charge in [0.05, 0.1) is 0 Å². The van der Waals surface area contributed by atoms with Crippen LogP contribution in [-0.2, 0) is 9.84 Å². The van der Waals surface area contributed by atoms with Crippen LogP contribution in [0.15, 0.2) is 16.4 Å². The zero-order valence-corrected chi connectivity index (χ0v) is 9.59. The highest BCUT2D eigenvalue weighted by atomic mass is 32.2. The van der Waals surface area contributed by atoms with Crippen LogP contribution in [0.1, 0.15) is 10.4 Å². The number of carboxylic acids is 1. The van der Waals surface area contributed by atoms with Crippen LogP contribution in [0.25, 0.3) is 0 Å². The largest absolute Gasteiger partial charge is 0.478 e. The summed E-state index contributed by atoms with van der Waals surface area (Å²) in [7, 11) is -3.66. The van der Waals surface area contributed by atoms with Crippen LogP contribution in [0.3, 0.4) is 0 Å². The van der Waals surface area contributed by atoms with Crippen LogP contribution < -0.4 is 0 Å². The lowest BCUT2D eigenvalue weighted by molar-refractivity contribution is 0.0690. The molecular formula is C7H8N2O4S2. The summed E-state index contributed by atoms with van der Waals surface area (Å²) in [6.07, 6.45) is 3.57. The molecule has 15 heavy (non-hydrogen) atoms.